The van der Waals surface area contributed by atoms with Gasteiger partial charge in [-0.15, -0.1) is 0 Å². The first kappa shape index (κ1) is 41.5. The molecule has 0 bridgehead atoms. The number of carbonyl (C=O) groups is 3. The third-order valence-electron chi connectivity index (χ3n) is 7.93. The minimum absolute atomic E-state index is 0.153. The first-order valence-corrected chi connectivity index (χ1v) is 17.8. The van der Waals surface area contributed by atoms with Gasteiger partial charge in [-0.3, -0.25) is 0 Å². The van der Waals surface area contributed by atoms with Crippen LogP contribution < -0.4 is 24.6 Å². The standard InChI is InChI=1S/C45H50O8/c1-7-9-10-13-28-49-40-23-18-37(19-24-40)44(47)52-36(6)17-16-33(3)34(4)31-39-22-27-42(32-35(39)5)53-45(48)38-20-25-41(26-21-38)50-29-14-11-12-15-30-51-43(46)8-2/h8,16-27,31-32H,2-7,9-15,28-30H2,1H3/b17-16-,39-31-. The van der Waals surface area contributed by atoms with E-state index in [0.717, 1.165) is 49.8 Å². The summed E-state index contributed by atoms with van der Waals surface area (Å²) in [5.41, 5.74) is 1.95. The summed E-state index contributed by atoms with van der Waals surface area (Å²) in [5.74, 6) is 0.431. The molecule has 8 heteroatoms. The molecule has 0 amide bonds. The molecule has 0 aliphatic rings. The van der Waals surface area contributed by atoms with Crippen LogP contribution in [-0.4, -0.2) is 37.7 Å². The topological polar surface area (TPSA) is 97.4 Å². The molecule has 0 aromatic heterocycles. The van der Waals surface area contributed by atoms with Crippen molar-refractivity contribution in [3.8, 4) is 17.2 Å². The minimum Gasteiger partial charge on any atom is -0.494 e. The number of allylic oxidation sites excluding steroid dienone is 4. The fraction of sp³-hybridized carbons (Fsp3) is 0.267. The normalized spacial score (nSPS) is 11.1. The quantitative estimate of drug-likeness (QED) is 0.0240. The number of hydrogen-bond acceptors (Lipinski definition) is 8. The Morgan fingerprint density at radius 3 is 1.75 bits per heavy atom. The van der Waals surface area contributed by atoms with Gasteiger partial charge in [0.2, 0.25) is 0 Å². The number of rotatable bonds is 23. The zero-order valence-electron chi connectivity index (χ0n) is 30.7. The zero-order chi connectivity index (χ0) is 38.4. The highest BCUT2D eigenvalue weighted by Gasteiger charge is 2.10. The molecule has 0 atom stereocenters. The van der Waals surface area contributed by atoms with Crippen LogP contribution in [-0.2, 0) is 14.3 Å². The highest BCUT2D eigenvalue weighted by Crippen LogP contribution is 2.18. The van der Waals surface area contributed by atoms with Crippen LogP contribution in [0.25, 0.3) is 12.7 Å². The Bertz CT molecular complexity index is 1870. The fourth-order valence-electron chi connectivity index (χ4n) is 4.82. The SMILES string of the molecule is C=CC(=O)OCCCCCCOc1ccc(C(=O)Oc2cc/c(=C/C(=C)C(=C)/C=C\C(=C)OC(=O)c3ccc(OCCCCCC)cc3)c(=C)c2)cc1. The Labute approximate surface area is 313 Å². The Balaban J connectivity index is 1.43. The molecular formula is C45H50O8. The second-order valence-corrected chi connectivity index (χ2v) is 12.2. The fourth-order valence-corrected chi connectivity index (χ4v) is 4.82. The number of esters is 3. The van der Waals surface area contributed by atoms with Gasteiger partial charge in [-0.2, -0.15) is 0 Å². The average molecular weight is 719 g/mol. The van der Waals surface area contributed by atoms with Crippen LogP contribution in [0.2, 0.25) is 0 Å². The summed E-state index contributed by atoms with van der Waals surface area (Å²) in [5, 5.41) is 1.39. The average Bonchev–Trinajstić information content (AvgIpc) is 3.16. The molecule has 53 heavy (non-hydrogen) atoms. The number of carbonyl (C=O) groups excluding carboxylic acids is 3. The van der Waals surface area contributed by atoms with Crippen molar-refractivity contribution in [2.24, 2.45) is 0 Å². The van der Waals surface area contributed by atoms with Crippen LogP contribution in [0.15, 0.2) is 128 Å². The maximum Gasteiger partial charge on any atom is 0.343 e. The number of hydrogen-bond donors (Lipinski definition) is 0. The first-order valence-electron chi connectivity index (χ1n) is 17.8. The van der Waals surface area contributed by atoms with Gasteiger partial charge >= 0.3 is 17.9 Å². The third-order valence-corrected chi connectivity index (χ3v) is 7.93. The predicted molar refractivity (Wildman–Crippen MR) is 210 cm³/mol. The molecule has 0 aliphatic carbocycles. The van der Waals surface area contributed by atoms with E-state index in [2.05, 4.69) is 39.8 Å². The van der Waals surface area contributed by atoms with Gasteiger partial charge in [-0.25, -0.2) is 14.4 Å². The molecule has 3 aromatic carbocycles. The van der Waals surface area contributed by atoms with E-state index >= 15 is 0 Å². The molecule has 0 spiro atoms. The maximum atomic E-state index is 12.8. The van der Waals surface area contributed by atoms with Gasteiger partial charge in [0.1, 0.15) is 23.0 Å². The van der Waals surface area contributed by atoms with Crippen molar-refractivity contribution in [1.29, 1.82) is 0 Å². The lowest BCUT2D eigenvalue weighted by Gasteiger charge is -2.08. The molecule has 0 aliphatic heterocycles. The lowest BCUT2D eigenvalue weighted by atomic mass is 10.1. The predicted octanol–water partition coefficient (Wildman–Crippen LogP) is 8.76. The largest absolute Gasteiger partial charge is 0.494 e. The van der Waals surface area contributed by atoms with Gasteiger partial charge in [-0.1, -0.05) is 71.2 Å². The summed E-state index contributed by atoms with van der Waals surface area (Å²) < 4.78 is 27.4. The summed E-state index contributed by atoms with van der Waals surface area (Å²) >= 11 is 0. The van der Waals surface area contributed by atoms with E-state index in [1.807, 2.05) is 6.08 Å². The van der Waals surface area contributed by atoms with Crippen molar-refractivity contribution in [3.05, 3.63) is 150 Å². The zero-order valence-corrected chi connectivity index (χ0v) is 30.7. The second kappa shape index (κ2) is 22.8. The van der Waals surface area contributed by atoms with Crippen LogP contribution in [0.5, 0.6) is 17.2 Å². The van der Waals surface area contributed by atoms with Crippen molar-refractivity contribution in [2.75, 3.05) is 19.8 Å². The Morgan fingerprint density at radius 1 is 0.642 bits per heavy atom. The van der Waals surface area contributed by atoms with Crippen LogP contribution in [0.1, 0.15) is 79.0 Å². The molecule has 3 rings (SSSR count). The molecule has 0 unspecified atom stereocenters. The molecular weight excluding hydrogens is 668 g/mol. The van der Waals surface area contributed by atoms with Crippen molar-refractivity contribution >= 4 is 30.6 Å². The van der Waals surface area contributed by atoms with Crippen LogP contribution in [0, 0.1) is 0 Å². The Morgan fingerprint density at radius 2 is 1.19 bits per heavy atom. The van der Waals surface area contributed by atoms with Gasteiger partial charge in [-0.05, 0) is 127 Å². The molecule has 0 saturated carbocycles. The van der Waals surface area contributed by atoms with Crippen molar-refractivity contribution in [1.82, 2.24) is 0 Å². The molecule has 0 heterocycles. The van der Waals surface area contributed by atoms with E-state index in [-0.39, 0.29) is 5.76 Å². The van der Waals surface area contributed by atoms with Gasteiger partial charge in [0.25, 0.3) is 0 Å². The maximum absolute atomic E-state index is 12.8. The summed E-state index contributed by atoms with van der Waals surface area (Å²) in [6.45, 7) is 23.2. The number of benzene rings is 3. The van der Waals surface area contributed by atoms with Gasteiger partial charge < -0.3 is 23.7 Å². The van der Waals surface area contributed by atoms with E-state index in [9.17, 15) is 14.4 Å². The summed E-state index contributed by atoms with van der Waals surface area (Å²) in [4.78, 5) is 36.4. The van der Waals surface area contributed by atoms with Crippen LogP contribution in [0.4, 0.5) is 0 Å². The molecule has 3 aromatic rings. The van der Waals surface area contributed by atoms with Gasteiger partial charge in [0, 0.05) is 6.08 Å². The summed E-state index contributed by atoms with van der Waals surface area (Å²) in [6.07, 6.45) is 14.2. The highest BCUT2D eigenvalue weighted by atomic mass is 16.5. The van der Waals surface area contributed by atoms with Crippen molar-refractivity contribution < 1.29 is 38.1 Å². The number of ether oxygens (including phenoxy) is 5. The van der Waals surface area contributed by atoms with Crippen molar-refractivity contribution in [3.63, 3.8) is 0 Å². The highest BCUT2D eigenvalue weighted by molar-refractivity contribution is 5.91. The van der Waals surface area contributed by atoms with E-state index < -0.39 is 17.9 Å². The first-order chi connectivity index (χ1) is 25.6. The lowest BCUT2D eigenvalue weighted by molar-refractivity contribution is -0.137. The van der Waals surface area contributed by atoms with E-state index in [0.29, 0.717) is 64.6 Å². The molecule has 0 fully saturated rings. The molecule has 0 N–H and O–H groups in total. The molecule has 0 radical (unpaired) electrons. The van der Waals surface area contributed by atoms with Crippen LogP contribution >= 0.6 is 0 Å². The van der Waals surface area contributed by atoms with E-state index in [4.69, 9.17) is 23.7 Å². The van der Waals surface area contributed by atoms with Crippen LogP contribution in [0.3, 0.4) is 0 Å². The minimum atomic E-state index is -0.528. The summed E-state index contributed by atoms with van der Waals surface area (Å²) in [7, 11) is 0. The lowest BCUT2D eigenvalue weighted by Crippen LogP contribution is -2.23. The smallest absolute Gasteiger partial charge is 0.343 e. The molecule has 278 valence electrons. The van der Waals surface area contributed by atoms with Gasteiger partial charge in [0.05, 0.1) is 30.9 Å². The van der Waals surface area contributed by atoms with Gasteiger partial charge in [0.15, 0.2) is 0 Å². The van der Waals surface area contributed by atoms with E-state index in [1.54, 1.807) is 78.9 Å². The second-order valence-electron chi connectivity index (χ2n) is 12.2. The number of unbranched alkanes of at least 4 members (excludes halogenated alkanes) is 6. The van der Waals surface area contributed by atoms with Crippen molar-refractivity contribution in [2.45, 2.75) is 58.3 Å². The monoisotopic (exact) mass is 718 g/mol. The third kappa shape index (κ3) is 15.5. The molecule has 0 saturated heterocycles. The van der Waals surface area contributed by atoms with E-state index in [1.165, 1.54) is 12.8 Å². The summed E-state index contributed by atoms with van der Waals surface area (Å²) in [6, 6.07) is 18.7. The molecule has 8 nitrogen and oxygen atoms in total. The Hall–Kier alpha value is -5.89. The Kier molecular flexibility index (Phi) is 17.9.